The number of rotatable bonds is 9. The fraction of sp³-hybridized carbons (Fsp3) is 0.424. The number of aromatic amines is 1. The first-order valence-corrected chi connectivity index (χ1v) is 17.8. The quantitative estimate of drug-likeness (QED) is 0.238. The Hall–Kier alpha value is -3.32. The number of aromatic nitrogens is 1. The third-order valence-corrected chi connectivity index (χ3v) is 12.9. The average molecular weight is 717 g/mol. The zero-order valence-electron chi connectivity index (χ0n) is 25.3. The van der Waals surface area contributed by atoms with E-state index < -0.39 is 41.6 Å². The summed E-state index contributed by atoms with van der Waals surface area (Å²) in [7, 11) is 0. The van der Waals surface area contributed by atoms with Gasteiger partial charge in [0.2, 0.25) is 11.8 Å². The first kappa shape index (κ1) is 32.2. The van der Waals surface area contributed by atoms with E-state index in [0.29, 0.717) is 38.5 Å². The van der Waals surface area contributed by atoms with Crippen molar-refractivity contribution >= 4 is 75.7 Å². The molecule has 2 aromatic carbocycles. The van der Waals surface area contributed by atoms with Crippen LogP contribution >= 0.6 is 46.3 Å². The Morgan fingerprint density at radius 1 is 1.04 bits per heavy atom. The molecule has 1 saturated heterocycles. The Morgan fingerprint density at radius 3 is 2.40 bits per heavy atom. The normalized spacial score (nSPS) is 27.9. The van der Waals surface area contributed by atoms with E-state index in [-0.39, 0.29) is 52.7 Å². The van der Waals surface area contributed by atoms with Crippen molar-refractivity contribution in [2.24, 2.45) is 35.5 Å². The van der Waals surface area contributed by atoms with Crippen LogP contribution in [0.15, 0.2) is 52.3 Å². The number of carbonyl (C=O) groups excluding carboxylic acids is 3. The number of carboxylic acid groups (broad SMARTS) is 1. The van der Waals surface area contributed by atoms with Crippen LogP contribution in [-0.2, 0) is 19.2 Å². The smallest absolute Gasteiger partial charge is 0.326 e. The summed E-state index contributed by atoms with van der Waals surface area (Å²) in [6, 6.07) is 10.6. The minimum atomic E-state index is -1.21. The number of anilines is 1. The fourth-order valence-electron chi connectivity index (χ4n) is 8.23. The molecule has 10 nitrogen and oxygen atoms in total. The molecule has 3 aromatic rings. The topological polar surface area (TPSA) is 146 Å². The number of aliphatic carboxylic acids is 1. The zero-order chi connectivity index (χ0) is 33.3. The molecule has 14 heteroatoms. The van der Waals surface area contributed by atoms with E-state index in [2.05, 4.69) is 10.3 Å². The van der Waals surface area contributed by atoms with Gasteiger partial charge in [-0.15, -0.1) is 11.8 Å². The highest BCUT2D eigenvalue weighted by Crippen LogP contribution is 2.69. The summed E-state index contributed by atoms with van der Waals surface area (Å²) in [6.07, 6.45) is 0.819. The second kappa shape index (κ2) is 12.3. The highest BCUT2D eigenvalue weighted by Gasteiger charge is 2.70. The van der Waals surface area contributed by atoms with Gasteiger partial charge in [-0.05, 0) is 79.0 Å². The van der Waals surface area contributed by atoms with Crippen LogP contribution in [-0.4, -0.2) is 56.6 Å². The van der Waals surface area contributed by atoms with Gasteiger partial charge in [0.05, 0.1) is 16.9 Å². The maximum Gasteiger partial charge on any atom is 0.326 e. The van der Waals surface area contributed by atoms with E-state index in [4.69, 9.17) is 27.9 Å². The van der Waals surface area contributed by atoms with Crippen LogP contribution in [0.3, 0.4) is 0 Å². The Morgan fingerprint density at radius 2 is 1.72 bits per heavy atom. The van der Waals surface area contributed by atoms with Crippen LogP contribution in [0.25, 0.3) is 0 Å². The van der Waals surface area contributed by atoms with E-state index in [1.807, 2.05) is 13.8 Å². The SMILES string of the molecule is CC(C)CC(C(=O)O)N1C(=O)C2C3CC(C2C1=O)C1C3Sc2[nH]c(=O)sc2[C@@H]1c1cc(Cl)ccc1OCC(=O)Nc1ccc(Cl)cc1. The van der Waals surface area contributed by atoms with Crippen LogP contribution in [0, 0.1) is 35.5 Å². The van der Waals surface area contributed by atoms with Crippen molar-refractivity contribution in [3.63, 3.8) is 0 Å². The first-order chi connectivity index (χ1) is 22.4. The standard InChI is InChI=1S/C33H31Cl2N3O7S2/c1-13(2)9-20(32(42)43)38-30(40)25-18-11-19(26(25)31(38)41)27-24(18)23(28-29(46-27)37-33(44)47-28)17-10-15(35)5-8-21(17)45-12-22(39)36-16-6-3-14(34)4-7-16/h3-8,10,13,18-20,23-27H,9,11-12H2,1-2H3,(H,36,39)(H,37,44)(H,42,43)/t18?,19?,20?,23-,24?,25?,26?,27?/m1/s1. The molecule has 246 valence electrons. The van der Waals surface area contributed by atoms with Crippen LogP contribution in [0.4, 0.5) is 5.69 Å². The zero-order valence-corrected chi connectivity index (χ0v) is 28.4. The summed E-state index contributed by atoms with van der Waals surface area (Å²) in [5, 5.41) is 14.4. The minimum absolute atomic E-state index is 0.0290. The molecule has 3 heterocycles. The van der Waals surface area contributed by atoms with Gasteiger partial charge in [-0.3, -0.25) is 24.1 Å². The van der Waals surface area contributed by atoms with Gasteiger partial charge in [-0.2, -0.15) is 0 Å². The van der Waals surface area contributed by atoms with Gasteiger partial charge in [0.15, 0.2) is 6.61 Å². The Labute approximate surface area is 288 Å². The molecule has 7 rings (SSSR count). The lowest BCUT2D eigenvalue weighted by Crippen LogP contribution is -2.47. The number of hydrogen-bond acceptors (Lipinski definition) is 8. The Kier molecular flexibility index (Phi) is 8.43. The van der Waals surface area contributed by atoms with Crippen molar-refractivity contribution in [3.8, 4) is 5.75 Å². The number of ether oxygens (including phenoxy) is 1. The molecule has 2 saturated carbocycles. The lowest BCUT2D eigenvalue weighted by Gasteiger charge is -2.43. The first-order valence-electron chi connectivity index (χ1n) is 15.4. The number of thiazole rings is 1. The molecule has 4 aliphatic rings. The maximum absolute atomic E-state index is 14.0. The van der Waals surface area contributed by atoms with Gasteiger partial charge in [-0.1, -0.05) is 48.4 Å². The number of halogens is 2. The number of amides is 3. The van der Waals surface area contributed by atoms with Crippen molar-refractivity contribution in [1.82, 2.24) is 9.88 Å². The van der Waals surface area contributed by atoms with Crippen LogP contribution in [0.5, 0.6) is 5.75 Å². The molecule has 0 radical (unpaired) electrons. The Bertz CT molecular complexity index is 1840. The number of nitrogens with one attached hydrogen (secondary N) is 2. The van der Waals surface area contributed by atoms with Crippen LogP contribution in [0.2, 0.25) is 10.0 Å². The number of carboxylic acids is 1. The van der Waals surface area contributed by atoms with Gasteiger partial charge in [0.25, 0.3) is 5.91 Å². The van der Waals surface area contributed by atoms with Gasteiger partial charge in [0.1, 0.15) is 11.8 Å². The number of likely N-dealkylation sites (tertiary alicyclic amines) is 1. The van der Waals surface area contributed by atoms with Crippen molar-refractivity contribution < 1.29 is 29.0 Å². The third kappa shape index (κ3) is 5.56. The van der Waals surface area contributed by atoms with Crippen molar-refractivity contribution in [2.45, 2.75) is 48.9 Å². The third-order valence-electron chi connectivity index (χ3n) is 9.84. The molecule has 1 aromatic heterocycles. The predicted molar refractivity (Wildman–Crippen MR) is 178 cm³/mol. The molecule has 2 aliphatic heterocycles. The maximum atomic E-state index is 14.0. The lowest BCUT2D eigenvalue weighted by atomic mass is 9.68. The predicted octanol–water partition coefficient (Wildman–Crippen LogP) is 5.73. The summed E-state index contributed by atoms with van der Waals surface area (Å²) in [5.41, 5.74) is 1.25. The molecular weight excluding hydrogens is 685 g/mol. The Balaban J connectivity index is 1.23. The van der Waals surface area contributed by atoms with Crippen LogP contribution < -0.4 is 14.9 Å². The number of carbonyl (C=O) groups is 4. The van der Waals surface area contributed by atoms with Gasteiger partial charge >= 0.3 is 10.8 Å². The number of benzene rings is 2. The minimum Gasteiger partial charge on any atom is -0.483 e. The molecule has 3 N–H and O–H groups in total. The second-order valence-corrected chi connectivity index (χ2v) is 16.1. The molecule has 3 fully saturated rings. The van der Waals surface area contributed by atoms with Gasteiger partial charge in [-0.25, -0.2) is 4.79 Å². The number of imide groups is 1. The summed E-state index contributed by atoms with van der Waals surface area (Å²) in [6.45, 7) is 3.44. The molecule has 8 atom stereocenters. The number of fused-ring (bicyclic) bond motifs is 9. The molecule has 2 aliphatic carbocycles. The number of hydrogen-bond donors (Lipinski definition) is 3. The van der Waals surface area contributed by atoms with E-state index in [1.54, 1.807) is 42.5 Å². The number of H-pyrrole nitrogens is 1. The average Bonchev–Trinajstić information content (AvgIpc) is 3.75. The monoisotopic (exact) mass is 715 g/mol. The second-order valence-electron chi connectivity index (χ2n) is 13.0. The molecule has 47 heavy (non-hydrogen) atoms. The summed E-state index contributed by atoms with van der Waals surface area (Å²) in [5.74, 6) is -4.23. The number of thioether (sulfide) groups is 1. The summed E-state index contributed by atoms with van der Waals surface area (Å²) in [4.78, 5) is 70.3. The largest absolute Gasteiger partial charge is 0.483 e. The fourth-order valence-corrected chi connectivity index (χ4v) is 11.4. The summed E-state index contributed by atoms with van der Waals surface area (Å²) < 4.78 is 6.11. The highest BCUT2D eigenvalue weighted by molar-refractivity contribution is 8.00. The van der Waals surface area contributed by atoms with E-state index >= 15 is 0 Å². The molecule has 0 spiro atoms. The van der Waals surface area contributed by atoms with E-state index in [0.717, 1.165) is 21.1 Å². The van der Waals surface area contributed by atoms with Crippen molar-refractivity contribution in [1.29, 1.82) is 0 Å². The van der Waals surface area contributed by atoms with Crippen molar-refractivity contribution in [3.05, 3.63) is 72.6 Å². The lowest BCUT2D eigenvalue weighted by molar-refractivity contribution is -0.156. The molecular formula is C33H31Cl2N3O7S2. The summed E-state index contributed by atoms with van der Waals surface area (Å²) >= 11 is 15.1. The number of nitrogens with zero attached hydrogens (tertiary/aromatic N) is 1. The van der Waals surface area contributed by atoms with E-state index in [1.165, 1.54) is 11.8 Å². The van der Waals surface area contributed by atoms with Crippen LogP contribution in [0.1, 0.15) is 43.0 Å². The van der Waals surface area contributed by atoms with Crippen molar-refractivity contribution in [2.75, 3.05) is 11.9 Å². The van der Waals surface area contributed by atoms with Gasteiger partial charge < -0.3 is 20.1 Å². The molecule has 7 unspecified atom stereocenters. The van der Waals surface area contributed by atoms with Gasteiger partial charge in [0, 0.05) is 37.3 Å². The van der Waals surface area contributed by atoms with E-state index in [9.17, 15) is 29.1 Å². The molecule has 3 amide bonds. The molecule has 2 bridgehead atoms. The highest BCUT2D eigenvalue weighted by atomic mass is 35.5.